The molecule has 2 rings (SSSR count). The molecule has 0 bridgehead atoms. The zero-order chi connectivity index (χ0) is 9.69. The monoisotopic (exact) mass is 254 g/mol. The summed E-state index contributed by atoms with van der Waals surface area (Å²) in [6.45, 7) is 7.28. The first-order valence-corrected chi connectivity index (χ1v) is 9.02. The van der Waals surface area contributed by atoms with Gasteiger partial charge < -0.3 is 0 Å². The fraction of sp³-hybridized carbons (Fsp3) is 0.455. The van der Waals surface area contributed by atoms with Gasteiger partial charge in [-0.3, -0.25) is 0 Å². The Hall–Kier alpha value is -0.0831. The van der Waals surface area contributed by atoms with Gasteiger partial charge in [0.05, 0.1) is 8.07 Å². The highest BCUT2D eigenvalue weighted by molar-refractivity contribution is 9.10. The predicted molar refractivity (Wildman–Crippen MR) is 64.1 cm³/mol. The van der Waals surface area contributed by atoms with Crippen molar-refractivity contribution in [3.05, 3.63) is 35.4 Å². The molecule has 0 aromatic heterocycles. The molecule has 0 nitrogen and oxygen atoms in total. The van der Waals surface area contributed by atoms with Crippen molar-refractivity contribution < 1.29 is 0 Å². The SMILES string of the molecule is C[Si](C)(C)C1(Br)Cc2ccccc21. The Morgan fingerprint density at radius 2 is 1.85 bits per heavy atom. The third kappa shape index (κ3) is 1.23. The third-order valence-corrected chi connectivity index (χ3v) is 10.2. The maximum Gasteiger partial charge on any atom is 0.0695 e. The molecule has 1 aromatic rings. The largest absolute Gasteiger partial charge is 0.0834 e. The summed E-state index contributed by atoms with van der Waals surface area (Å²) in [4.78, 5) is 0. The summed E-state index contributed by atoms with van der Waals surface area (Å²) < 4.78 is 0.344. The molecule has 0 saturated carbocycles. The topological polar surface area (TPSA) is 0 Å². The molecule has 0 amide bonds. The van der Waals surface area contributed by atoms with Crippen LogP contribution in [-0.2, 0) is 10.4 Å². The molecule has 2 heteroatoms. The fourth-order valence-electron chi connectivity index (χ4n) is 1.98. The van der Waals surface area contributed by atoms with Crippen LogP contribution in [-0.4, -0.2) is 8.07 Å². The minimum atomic E-state index is -1.13. The number of hydrogen-bond donors (Lipinski definition) is 0. The van der Waals surface area contributed by atoms with Crippen molar-refractivity contribution >= 4 is 24.0 Å². The van der Waals surface area contributed by atoms with Gasteiger partial charge >= 0.3 is 0 Å². The maximum absolute atomic E-state index is 3.95. The van der Waals surface area contributed by atoms with Gasteiger partial charge in [-0.1, -0.05) is 59.8 Å². The highest BCUT2D eigenvalue weighted by atomic mass is 79.9. The van der Waals surface area contributed by atoms with E-state index in [0.29, 0.717) is 3.95 Å². The minimum absolute atomic E-state index is 0.344. The molecule has 0 heterocycles. The van der Waals surface area contributed by atoms with Crippen molar-refractivity contribution in [2.24, 2.45) is 0 Å². The number of fused-ring (bicyclic) bond motifs is 1. The average molecular weight is 255 g/mol. The lowest BCUT2D eigenvalue weighted by Crippen LogP contribution is -2.52. The van der Waals surface area contributed by atoms with E-state index in [-0.39, 0.29) is 0 Å². The molecule has 1 aliphatic carbocycles. The standard InChI is InChI=1S/C11H15BrSi/c1-13(2,3)11(12)8-9-6-4-5-7-10(9)11/h4-7H,8H2,1-3H3. The Morgan fingerprint density at radius 3 is 2.38 bits per heavy atom. The molecule has 0 N–H and O–H groups in total. The summed E-state index contributed by atoms with van der Waals surface area (Å²) >= 11 is 3.95. The van der Waals surface area contributed by atoms with E-state index in [1.165, 1.54) is 17.5 Å². The lowest BCUT2D eigenvalue weighted by atomic mass is 9.88. The molecule has 1 aliphatic rings. The van der Waals surface area contributed by atoms with Gasteiger partial charge in [0.15, 0.2) is 0 Å². The van der Waals surface area contributed by atoms with Crippen LogP contribution in [0.5, 0.6) is 0 Å². The quantitative estimate of drug-likeness (QED) is 0.530. The predicted octanol–water partition coefficient (Wildman–Crippen LogP) is 3.71. The van der Waals surface area contributed by atoms with Crippen LogP contribution in [0.15, 0.2) is 24.3 Å². The molecule has 70 valence electrons. The van der Waals surface area contributed by atoms with Crippen molar-refractivity contribution in [1.82, 2.24) is 0 Å². The zero-order valence-corrected chi connectivity index (χ0v) is 11.0. The average Bonchev–Trinajstić information content (AvgIpc) is 2.00. The van der Waals surface area contributed by atoms with Gasteiger partial charge in [-0.15, -0.1) is 0 Å². The van der Waals surface area contributed by atoms with Gasteiger partial charge in [-0.05, 0) is 17.5 Å². The number of benzene rings is 1. The summed E-state index contributed by atoms with van der Waals surface area (Å²) in [6.07, 6.45) is 1.22. The van der Waals surface area contributed by atoms with Crippen LogP contribution in [0.2, 0.25) is 19.6 Å². The molecule has 0 fully saturated rings. The van der Waals surface area contributed by atoms with Crippen LogP contribution in [0.25, 0.3) is 0 Å². The second-order valence-electron chi connectivity index (χ2n) is 4.89. The lowest BCUT2D eigenvalue weighted by Gasteiger charge is -2.47. The summed E-state index contributed by atoms with van der Waals surface area (Å²) in [5, 5.41) is 0. The molecule has 1 unspecified atom stereocenters. The van der Waals surface area contributed by atoms with Crippen LogP contribution in [0, 0.1) is 0 Å². The second kappa shape index (κ2) is 2.70. The normalized spacial score (nSPS) is 26.5. The van der Waals surface area contributed by atoms with E-state index in [1.54, 1.807) is 0 Å². The Bertz CT molecular complexity index is 340. The Balaban J connectivity index is 2.45. The van der Waals surface area contributed by atoms with Crippen molar-refractivity contribution in [2.75, 3.05) is 0 Å². The molecular formula is C11H15BrSi. The van der Waals surface area contributed by atoms with Gasteiger partial charge in [-0.2, -0.15) is 0 Å². The molecule has 1 atom stereocenters. The van der Waals surface area contributed by atoms with Gasteiger partial charge in [0, 0.05) is 3.95 Å². The highest BCUT2D eigenvalue weighted by Gasteiger charge is 2.49. The molecule has 0 saturated heterocycles. The van der Waals surface area contributed by atoms with Crippen LogP contribution in [0.1, 0.15) is 11.1 Å². The summed E-state index contributed by atoms with van der Waals surface area (Å²) in [5.74, 6) is 0. The third-order valence-electron chi connectivity index (χ3n) is 3.07. The van der Waals surface area contributed by atoms with Crippen LogP contribution in [0.3, 0.4) is 0 Å². The molecule has 1 aromatic carbocycles. The molecule has 13 heavy (non-hydrogen) atoms. The van der Waals surface area contributed by atoms with Crippen molar-refractivity contribution in [3.8, 4) is 0 Å². The van der Waals surface area contributed by atoms with E-state index in [4.69, 9.17) is 0 Å². The number of hydrogen-bond acceptors (Lipinski definition) is 0. The van der Waals surface area contributed by atoms with Crippen LogP contribution in [0.4, 0.5) is 0 Å². The Morgan fingerprint density at radius 1 is 1.23 bits per heavy atom. The molecule has 0 radical (unpaired) electrons. The van der Waals surface area contributed by atoms with E-state index < -0.39 is 8.07 Å². The summed E-state index contributed by atoms with van der Waals surface area (Å²) in [7, 11) is -1.13. The van der Waals surface area contributed by atoms with E-state index >= 15 is 0 Å². The second-order valence-corrected chi connectivity index (χ2v) is 12.3. The first kappa shape index (κ1) is 9.47. The maximum atomic E-state index is 3.95. The molecule has 0 aliphatic heterocycles. The van der Waals surface area contributed by atoms with E-state index in [0.717, 1.165) is 0 Å². The summed E-state index contributed by atoms with van der Waals surface area (Å²) in [6, 6.07) is 8.80. The van der Waals surface area contributed by atoms with Crippen molar-refractivity contribution in [1.29, 1.82) is 0 Å². The van der Waals surface area contributed by atoms with Gasteiger partial charge in [0.1, 0.15) is 0 Å². The van der Waals surface area contributed by atoms with Gasteiger partial charge in [-0.25, -0.2) is 0 Å². The molecular weight excluding hydrogens is 240 g/mol. The van der Waals surface area contributed by atoms with Crippen LogP contribution >= 0.6 is 15.9 Å². The van der Waals surface area contributed by atoms with E-state index in [9.17, 15) is 0 Å². The first-order valence-electron chi connectivity index (χ1n) is 4.72. The number of halogens is 1. The van der Waals surface area contributed by atoms with Gasteiger partial charge in [0.25, 0.3) is 0 Å². The fourth-order valence-corrected chi connectivity index (χ4v) is 4.44. The first-order chi connectivity index (χ1) is 5.95. The minimum Gasteiger partial charge on any atom is -0.0834 e. The van der Waals surface area contributed by atoms with E-state index in [1.807, 2.05) is 0 Å². The lowest BCUT2D eigenvalue weighted by molar-refractivity contribution is 0.722. The van der Waals surface area contributed by atoms with Gasteiger partial charge in [0.2, 0.25) is 0 Å². The molecule has 0 spiro atoms. The number of rotatable bonds is 1. The Kier molecular flexibility index (Phi) is 1.97. The van der Waals surface area contributed by atoms with Crippen LogP contribution < -0.4 is 0 Å². The van der Waals surface area contributed by atoms with Crippen molar-refractivity contribution in [2.45, 2.75) is 30.0 Å². The summed E-state index contributed by atoms with van der Waals surface area (Å²) in [5.41, 5.74) is 3.07. The highest BCUT2D eigenvalue weighted by Crippen LogP contribution is 2.51. The van der Waals surface area contributed by atoms with E-state index in [2.05, 4.69) is 59.8 Å². The Labute approximate surface area is 89.5 Å². The zero-order valence-electron chi connectivity index (χ0n) is 8.39. The number of alkyl halides is 1. The smallest absolute Gasteiger partial charge is 0.0695 e. The van der Waals surface area contributed by atoms with Crippen molar-refractivity contribution in [3.63, 3.8) is 0 Å².